The number of hydrogen-bond donors (Lipinski definition) is 3. The van der Waals surface area contributed by atoms with Gasteiger partial charge in [-0.2, -0.15) is 0 Å². The number of aromatic carboxylic acids is 1. The second kappa shape index (κ2) is 9.88. The Morgan fingerprint density at radius 2 is 1.62 bits per heavy atom. The summed E-state index contributed by atoms with van der Waals surface area (Å²) in [5.41, 5.74) is 3.11. The van der Waals surface area contributed by atoms with Crippen LogP contribution in [0, 0.1) is 6.92 Å². The van der Waals surface area contributed by atoms with Crippen molar-refractivity contribution in [3.05, 3.63) is 59.7 Å². The van der Waals surface area contributed by atoms with Crippen LogP contribution in [0.4, 0.5) is 17.2 Å². The first-order valence-electron chi connectivity index (χ1n) is 11.1. The number of carbonyl (C=O) groups is 3. The summed E-state index contributed by atoms with van der Waals surface area (Å²) in [5, 5.41) is 15.8. The molecule has 0 spiro atoms. The number of fused-ring (bicyclic) bond motifs is 1. The zero-order valence-corrected chi connectivity index (χ0v) is 19.2. The van der Waals surface area contributed by atoms with Crippen molar-refractivity contribution in [3.8, 4) is 0 Å². The largest absolute Gasteiger partial charge is 0.478 e. The lowest BCUT2D eigenvalue weighted by atomic mass is 10.1. The topological polar surface area (TPSA) is 115 Å². The Morgan fingerprint density at radius 1 is 0.941 bits per heavy atom. The lowest BCUT2D eigenvalue weighted by Crippen LogP contribution is -2.49. The molecule has 1 aliphatic rings. The number of nitrogens with one attached hydrogen (secondary N) is 2. The van der Waals surface area contributed by atoms with E-state index in [1.165, 1.54) is 6.92 Å². The minimum absolute atomic E-state index is 0.0655. The molecule has 9 heteroatoms. The van der Waals surface area contributed by atoms with Gasteiger partial charge < -0.3 is 20.6 Å². The molecule has 2 amide bonds. The van der Waals surface area contributed by atoms with Crippen LogP contribution in [0.5, 0.6) is 0 Å². The van der Waals surface area contributed by atoms with Crippen molar-refractivity contribution in [1.29, 1.82) is 0 Å². The average molecular weight is 462 g/mol. The van der Waals surface area contributed by atoms with Crippen molar-refractivity contribution in [2.24, 2.45) is 0 Å². The van der Waals surface area contributed by atoms with Crippen molar-refractivity contribution in [2.45, 2.75) is 13.8 Å². The fraction of sp³-hybridized carbons (Fsp3) is 0.280. The van der Waals surface area contributed by atoms with E-state index in [2.05, 4.69) is 20.5 Å². The molecule has 0 aliphatic carbocycles. The summed E-state index contributed by atoms with van der Waals surface area (Å²) in [6.45, 7) is 6.25. The number of amides is 2. The summed E-state index contributed by atoms with van der Waals surface area (Å²) < 4.78 is 0. The summed E-state index contributed by atoms with van der Waals surface area (Å²) >= 11 is 0. The van der Waals surface area contributed by atoms with Gasteiger partial charge in [-0.25, -0.2) is 9.78 Å². The molecule has 1 fully saturated rings. The lowest BCUT2D eigenvalue weighted by Gasteiger charge is -2.35. The molecule has 3 N–H and O–H groups in total. The number of nitrogens with zero attached hydrogens (tertiary/aromatic N) is 3. The van der Waals surface area contributed by atoms with Crippen LogP contribution >= 0.6 is 0 Å². The second-order valence-corrected chi connectivity index (χ2v) is 8.42. The highest BCUT2D eigenvalue weighted by atomic mass is 16.4. The molecule has 0 radical (unpaired) electrons. The predicted molar refractivity (Wildman–Crippen MR) is 131 cm³/mol. The molecule has 9 nitrogen and oxygen atoms in total. The van der Waals surface area contributed by atoms with Gasteiger partial charge in [0, 0.05) is 49.9 Å². The second-order valence-electron chi connectivity index (χ2n) is 8.42. The maximum Gasteiger partial charge on any atom is 0.336 e. The quantitative estimate of drug-likeness (QED) is 0.517. The molecule has 4 rings (SSSR count). The first-order valence-corrected chi connectivity index (χ1v) is 11.1. The van der Waals surface area contributed by atoms with Crippen molar-refractivity contribution in [3.63, 3.8) is 0 Å². The monoisotopic (exact) mass is 461 g/mol. The Labute approximate surface area is 197 Å². The number of anilines is 3. The summed E-state index contributed by atoms with van der Waals surface area (Å²) in [5.74, 6) is -0.767. The highest BCUT2D eigenvalue weighted by Gasteiger charge is 2.22. The van der Waals surface area contributed by atoms with Crippen LogP contribution in [-0.4, -0.2) is 65.5 Å². The molecular weight excluding hydrogens is 434 g/mol. The summed E-state index contributed by atoms with van der Waals surface area (Å²) in [7, 11) is 0. The van der Waals surface area contributed by atoms with Crippen LogP contribution in [0.1, 0.15) is 22.8 Å². The first-order chi connectivity index (χ1) is 16.3. The average Bonchev–Trinajstić information content (AvgIpc) is 2.80. The normalized spacial score (nSPS) is 14.1. The minimum Gasteiger partial charge on any atom is -0.478 e. The lowest BCUT2D eigenvalue weighted by molar-refractivity contribution is -0.117. The third kappa shape index (κ3) is 5.49. The molecule has 2 aromatic carbocycles. The fourth-order valence-electron chi connectivity index (χ4n) is 4.01. The van der Waals surface area contributed by atoms with E-state index in [0.717, 1.165) is 11.3 Å². The highest BCUT2D eigenvalue weighted by molar-refractivity contribution is 6.05. The first kappa shape index (κ1) is 23.2. The number of aromatic nitrogens is 1. The molecule has 0 saturated carbocycles. The number of carboxylic acid groups (broad SMARTS) is 1. The third-order valence-corrected chi connectivity index (χ3v) is 5.74. The molecule has 34 heavy (non-hydrogen) atoms. The van der Waals surface area contributed by atoms with Crippen LogP contribution in [0.15, 0.2) is 48.5 Å². The van der Waals surface area contributed by atoms with Gasteiger partial charge in [-0.05, 0) is 43.3 Å². The van der Waals surface area contributed by atoms with Gasteiger partial charge in [0.2, 0.25) is 11.8 Å². The molecule has 0 atom stereocenters. The van der Waals surface area contributed by atoms with Crippen LogP contribution in [0.25, 0.3) is 10.9 Å². The molecule has 1 aliphatic heterocycles. The summed E-state index contributed by atoms with van der Waals surface area (Å²) in [6, 6.07) is 14.3. The number of hydrogen-bond acceptors (Lipinski definition) is 6. The summed E-state index contributed by atoms with van der Waals surface area (Å²) in [4.78, 5) is 44.5. The maximum atomic E-state index is 12.4. The van der Waals surface area contributed by atoms with Crippen LogP contribution in [0.3, 0.4) is 0 Å². The Bertz CT molecular complexity index is 1230. The number of aryl methyl sites for hydroxylation is 1. The van der Waals surface area contributed by atoms with E-state index < -0.39 is 5.97 Å². The zero-order chi connectivity index (χ0) is 24.2. The molecule has 176 valence electrons. The van der Waals surface area contributed by atoms with Gasteiger partial charge in [0.15, 0.2) is 0 Å². The Hall–Kier alpha value is -3.98. The standard InChI is InChI=1S/C25H27N5O4/c1-16-3-5-18(6-4-16)27-24(32)15-29-9-11-30(12-10-29)23-14-21(25(33)34)20-13-19(26-17(2)31)7-8-22(20)28-23/h3-8,13-14H,9-12,15H2,1-2H3,(H,26,31)(H,27,32)(H,33,34). The molecular formula is C25H27N5O4. The number of rotatable bonds is 6. The van der Waals surface area contributed by atoms with E-state index in [-0.39, 0.29) is 17.4 Å². The van der Waals surface area contributed by atoms with Gasteiger partial charge in [0.1, 0.15) is 5.82 Å². The van der Waals surface area contributed by atoms with Crippen molar-refractivity contribution in [2.75, 3.05) is 48.3 Å². The van der Waals surface area contributed by atoms with E-state index in [1.54, 1.807) is 24.3 Å². The van der Waals surface area contributed by atoms with E-state index in [9.17, 15) is 19.5 Å². The van der Waals surface area contributed by atoms with Gasteiger partial charge in [-0.15, -0.1) is 0 Å². The summed E-state index contributed by atoms with van der Waals surface area (Å²) in [6.07, 6.45) is 0. The Balaban J connectivity index is 1.43. The van der Waals surface area contributed by atoms with E-state index >= 15 is 0 Å². The van der Waals surface area contributed by atoms with Gasteiger partial charge in [0.25, 0.3) is 0 Å². The van der Waals surface area contributed by atoms with Crippen molar-refractivity contribution in [1.82, 2.24) is 9.88 Å². The van der Waals surface area contributed by atoms with Crippen LogP contribution in [0.2, 0.25) is 0 Å². The number of pyridine rings is 1. The number of piperazine rings is 1. The molecule has 0 bridgehead atoms. The van der Waals surface area contributed by atoms with Gasteiger partial charge in [-0.3, -0.25) is 14.5 Å². The van der Waals surface area contributed by atoms with Crippen molar-refractivity contribution >= 4 is 45.9 Å². The minimum atomic E-state index is -1.06. The van der Waals surface area contributed by atoms with E-state index in [0.29, 0.717) is 55.1 Å². The van der Waals surface area contributed by atoms with E-state index in [1.807, 2.05) is 36.1 Å². The van der Waals surface area contributed by atoms with Crippen molar-refractivity contribution < 1.29 is 19.5 Å². The molecule has 1 saturated heterocycles. The number of carboxylic acids is 1. The maximum absolute atomic E-state index is 12.4. The molecule has 2 heterocycles. The molecule has 1 aromatic heterocycles. The molecule has 0 unspecified atom stereocenters. The van der Waals surface area contributed by atoms with Gasteiger partial charge >= 0.3 is 5.97 Å². The third-order valence-electron chi connectivity index (χ3n) is 5.74. The van der Waals surface area contributed by atoms with Crippen LogP contribution in [-0.2, 0) is 9.59 Å². The Morgan fingerprint density at radius 3 is 2.26 bits per heavy atom. The Kier molecular flexibility index (Phi) is 6.74. The van der Waals surface area contributed by atoms with Crippen LogP contribution < -0.4 is 15.5 Å². The SMILES string of the molecule is CC(=O)Nc1ccc2nc(N3CCN(CC(=O)Nc4ccc(C)cc4)CC3)cc(C(=O)O)c2c1. The zero-order valence-electron chi connectivity index (χ0n) is 19.2. The predicted octanol–water partition coefficient (Wildman–Crippen LogP) is 2.96. The van der Waals surface area contributed by atoms with Gasteiger partial charge in [-0.1, -0.05) is 17.7 Å². The fourth-order valence-corrected chi connectivity index (χ4v) is 4.01. The van der Waals surface area contributed by atoms with E-state index in [4.69, 9.17) is 0 Å². The highest BCUT2D eigenvalue weighted by Crippen LogP contribution is 2.26. The molecule has 3 aromatic rings. The smallest absolute Gasteiger partial charge is 0.336 e. The number of benzene rings is 2. The number of carbonyl (C=O) groups excluding carboxylic acids is 2. The van der Waals surface area contributed by atoms with Gasteiger partial charge in [0.05, 0.1) is 17.6 Å².